The fourth-order valence-corrected chi connectivity index (χ4v) is 4.97. The number of amides is 1. The van der Waals surface area contributed by atoms with Gasteiger partial charge in [0.1, 0.15) is 6.04 Å². The Kier molecular flexibility index (Phi) is 4.48. The van der Waals surface area contributed by atoms with Gasteiger partial charge in [0.15, 0.2) is 0 Å². The van der Waals surface area contributed by atoms with Crippen LogP contribution >= 0.6 is 23.5 Å². The van der Waals surface area contributed by atoms with Gasteiger partial charge >= 0.3 is 5.97 Å². The molecule has 4 atom stereocenters. The van der Waals surface area contributed by atoms with Crippen molar-refractivity contribution in [3.05, 3.63) is 0 Å². The molecule has 2 fully saturated rings. The zero-order chi connectivity index (χ0) is 13.3. The number of rotatable bonds is 3. The topological polar surface area (TPSA) is 57.6 Å². The smallest absolute Gasteiger partial charge is 0.327 e. The quantitative estimate of drug-likeness (QED) is 0.860. The van der Waals surface area contributed by atoms with Crippen LogP contribution in [0.2, 0.25) is 0 Å². The Bertz CT molecular complexity index is 350. The minimum absolute atomic E-state index is 0.0133. The molecule has 6 heteroatoms. The number of aliphatic carboxylic acids is 1. The molecule has 2 rings (SSSR count). The normalized spacial score (nSPS) is 36.0. The summed E-state index contributed by atoms with van der Waals surface area (Å²) in [5.41, 5.74) is 0. The van der Waals surface area contributed by atoms with Crippen LogP contribution < -0.4 is 0 Å². The number of hydrogen-bond donors (Lipinski definition) is 1. The average molecular weight is 289 g/mol. The van der Waals surface area contributed by atoms with E-state index in [-0.39, 0.29) is 17.1 Å². The van der Waals surface area contributed by atoms with Gasteiger partial charge in [-0.25, -0.2) is 4.79 Å². The van der Waals surface area contributed by atoms with E-state index in [1.54, 1.807) is 28.4 Å². The Morgan fingerprint density at radius 3 is 2.72 bits per heavy atom. The third-order valence-corrected chi connectivity index (χ3v) is 6.25. The van der Waals surface area contributed by atoms with Gasteiger partial charge in [-0.2, -0.15) is 11.8 Å². The Balaban J connectivity index is 2.11. The molecule has 0 aromatic heterocycles. The van der Waals surface area contributed by atoms with Crippen LogP contribution in [0.25, 0.3) is 0 Å². The van der Waals surface area contributed by atoms with Crippen molar-refractivity contribution in [2.75, 3.05) is 12.1 Å². The minimum Gasteiger partial charge on any atom is -0.480 e. The summed E-state index contributed by atoms with van der Waals surface area (Å²) in [6, 6.07) is -0.648. The maximum Gasteiger partial charge on any atom is 0.327 e. The van der Waals surface area contributed by atoms with Crippen LogP contribution in [0.3, 0.4) is 0 Å². The summed E-state index contributed by atoms with van der Waals surface area (Å²) in [5.74, 6) is -0.280. The lowest BCUT2D eigenvalue weighted by Crippen LogP contribution is -2.47. The molecule has 4 nitrogen and oxygen atoms in total. The molecule has 18 heavy (non-hydrogen) atoms. The molecule has 1 aliphatic carbocycles. The van der Waals surface area contributed by atoms with E-state index >= 15 is 0 Å². The lowest BCUT2D eigenvalue weighted by molar-refractivity contribution is -0.150. The molecule has 2 aliphatic rings. The van der Waals surface area contributed by atoms with Crippen LogP contribution in [0.4, 0.5) is 0 Å². The van der Waals surface area contributed by atoms with Crippen LogP contribution in [0.5, 0.6) is 0 Å². The second-order valence-corrected chi connectivity index (χ2v) is 7.32. The molecule has 1 saturated heterocycles. The van der Waals surface area contributed by atoms with Crippen molar-refractivity contribution < 1.29 is 14.7 Å². The van der Waals surface area contributed by atoms with Crippen molar-refractivity contribution in [2.24, 2.45) is 5.92 Å². The van der Waals surface area contributed by atoms with E-state index in [4.69, 9.17) is 0 Å². The van der Waals surface area contributed by atoms with E-state index in [1.807, 2.05) is 13.2 Å². The van der Waals surface area contributed by atoms with E-state index in [0.717, 1.165) is 19.3 Å². The predicted octanol–water partition coefficient (Wildman–Crippen LogP) is 1.89. The number of carbonyl (C=O) groups is 2. The first-order chi connectivity index (χ1) is 8.56. The Morgan fingerprint density at radius 1 is 1.39 bits per heavy atom. The van der Waals surface area contributed by atoms with Gasteiger partial charge in [-0.15, -0.1) is 11.8 Å². The summed E-state index contributed by atoms with van der Waals surface area (Å²) in [6.07, 6.45) is 5.10. The van der Waals surface area contributed by atoms with Gasteiger partial charge in [-0.1, -0.05) is 13.3 Å². The summed E-state index contributed by atoms with van der Waals surface area (Å²) in [4.78, 5) is 25.4. The SMILES string of the molecule is CS[C@@H]1CCC[C@H]1C(=O)N1CS[C@H](C)[C@@H]1C(=O)O. The number of hydrogen-bond acceptors (Lipinski definition) is 4. The molecule has 1 aliphatic heterocycles. The Morgan fingerprint density at radius 2 is 2.11 bits per heavy atom. The maximum absolute atomic E-state index is 12.5. The molecule has 0 aromatic carbocycles. The summed E-state index contributed by atoms with van der Waals surface area (Å²) < 4.78 is 0. The third kappa shape index (κ3) is 2.50. The minimum atomic E-state index is -0.875. The van der Waals surface area contributed by atoms with Gasteiger partial charge in [-0.05, 0) is 19.1 Å². The molecule has 0 radical (unpaired) electrons. The van der Waals surface area contributed by atoms with Crippen molar-refractivity contribution in [2.45, 2.75) is 42.7 Å². The molecule has 0 unspecified atom stereocenters. The van der Waals surface area contributed by atoms with Crippen molar-refractivity contribution in [1.82, 2.24) is 4.90 Å². The van der Waals surface area contributed by atoms with E-state index in [1.165, 1.54) is 0 Å². The predicted molar refractivity (Wildman–Crippen MR) is 74.8 cm³/mol. The highest BCUT2D eigenvalue weighted by molar-refractivity contribution is 8.00. The molecule has 1 saturated carbocycles. The van der Waals surface area contributed by atoms with Gasteiger partial charge < -0.3 is 10.0 Å². The van der Waals surface area contributed by atoms with E-state index < -0.39 is 12.0 Å². The maximum atomic E-state index is 12.5. The monoisotopic (exact) mass is 289 g/mol. The van der Waals surface area contributed by atoms with Crippen molar-refractivity contribution in [3.63, 3.8) is 0 Å². The molecule has 0 spiro atoms. The van der Waals surface area contributed by atoms with Gasteiger partial charge in [0.25, 0.3) is 0 Å². The van der Waals surface area contributed by atoms with Crippen LogP contribution in [0.15, 0.2) is 0 Å². The fourth-order valence-electron chi connectivity index (χ4n) is 2.86. The van der Waals surface area contributed by atoms with Gasteiger partial charge in [0, 0.05) is 10.5 Å². The van der Waals surface area contributed by atoms with E-state index in [2.05, 4.69) is 0 Å². The summed E-state index contributed by atoms with van der Waals surface area (Å²) >= 11 is 3.29. The third-order valence-electron chi connectivity index (χ3n) is 3.87. The first kappa shape index (κ1) is 14.1. The van der Waals surface area contributed by atoms with Gasteiger partial charge in [0.2, 0.25) is 5.91 Å². The van der Waals surface area contributed by atoms with Crippen molar-refractivity contribution in [3.8, 4) is 0 Å². The van der Waals surface area contributed by atoms with E-state index in [0.29, 0.717) is 11.1 Å². The zero-order valence-corrected chi connectivity index (χ0v) is 12.3. The van der Waals surface area contributed by atoms with Crippen LogP contribution in [-0.2, 0) is 9.59 Å². The second-order valence-electron chi connectivity index (χ2n) is 4.90. The molecule has 0 aromatic rings. The summed E-state index contributed by atoms with van der Waals surface area (Å²) in [7, 11) is 0. The van der Waals surface area contributed by atoms with Crippen molar-refractivity contribution in [1.29, 1.82) is 0 Å². The molecular formula is C12H19NO3S2. The van der Waals surface area contributed by atoms with Crippen LogP contribution in [0, 0.1) is 5.92 Å². The Hall–Kier alpha value is -0.360. The second kappa shape index (κ2) is 5.74. The van der Waals surface area contributed by atoms with Gasteiger partial charge in [0.05, 0.1) is 11.8 Å². The highest BCUT2D eigenvalue weighted by Gasteiger charge is 2.44. The van der Waals surface area contributed by atoms with Gasteiger partial charge in [-0.3, -0.25) is 4.79 Å². The lowest BCUT2D eigenvalue weighted by Gasteiger charge is -2.27. The number of carboxylic acid groups (broad SMARTS) is 1. The summed E-state index contributed by atoms with van der Waals surface area (Å²) in [5, 5.41) is 9.61. The summed E-state index contributed by atoms with van der Waals surface area (Å²) in [6.45, 7) is 1.89. The highest BCUT2D eigenvalue weighted by atomic mass is 32.2. The largest absolute Gasteiger partial charge is 0.480 e. The Labute approximate surface area is 116 Å². The number of carboxylic acids is 1. The molecule has 1 heterocycles. The molecule has 1 amide bonds. The molecular weight excluding hydrogens is 270 g/mol. The number of thioether (sulfide) groups is 2. The standard InChI is InChI=1S/C12H19NO3S2/c1-7-10(12(15)16)13(6-18-7)11(14)8-4-3-5-9(8)17-2/h7-10H,3-6H2,1-2H3,(H,15,16)/t7-,8-,9-,10-/m1/s1. The fraction of sp³-hybridized carbons (Fsp3) is 0.833. The zero-order valence-electron chi connectivity index (χ0n) is 10.7. The van der Waals surface area contributed by atoms with Crippen LogP contribution in [-0.4, -0.2) is 50.6 Å². The highest BCUT2D eigenvalue weighted by Crippen LogP contribution is 2.38. The van der Waals surface area contributed by atoms with E-state index in [9.17, 15) is 14.7 Å². The first-order valence-electron chi connectivity index (χ1n) is 6.24. The average Bonchev–Trinajstić information content (AvgIpc) is 2.93. The number of nitrogens with zero attached hydrogens (tertiary/aromatic N) is 1. The van der Waals surface area contributed by atoms with Crippen molar-refractivity contribution >= 4 is 35.4 Å². The first-order valence-corrected chi connectivity index (χ1v) is 8.57. The van der Waals surface area contributed by atoms with Crippen LogP contribution in [0.1, 0.15) is 26.2 Å². The number of carbonyl (C=O) groups excluding carboxylic acids is 1. The molecule has 1 N–H and O–H groups in total. The molecule has 0 bridgehead atoms. The lowest BCUT2D eigenvalue weighted by atomic mass is 10.0. The molecule has 102 valence electrons.